The van der Waals surface area contributed by atoms with Gasteiger partial charge >= 0.3 is 0 Å². The van der Waals surface area contributed by atoms with Gasteiger partial charge < -0.3 is 10.4 Å². The molecule has 0 aliphatic heterocycles. The predicted octanol–water partition coefficient (Wildman–Crippen LogP) is 4.56. The Morgan fingerprint density at radius 3 is 2.95 bits per heavy atom. The van der Waals surface area contributed by atoms with Gasteiger partial charge in [-0.05, 0) is 61.7 Å². The number of hydrogen-bond acceptors (Lipinski definition) is 3. The molecule has 19 heavy (non-hydrogen) atoms. The van der Waals surface area contributed by atoms with Crippen molar-refractivity contribution < 1.29 is 5.11 Å². The van der Waals surface area contributed by atoms with Crippen LogP contribution < -0.4 is 5.32 Å². The van der Waals surface area contributed by atoms with Gasteiger partial charge in [-0.2, -0.15) is 0 Å². The van der Waals surface area contributed by atoms with Crippen molar-refractivity contribution in [3.05, 3.63) is 45.1 Å². The largest absolute Gasteiger partial charge is 0.507 e. The third kappa shape index (κ3) is 2.23. The first-order valence-corrected chi connectivity index (χ1v) is 7.66. The van der Waals surface area contributed by atoms with E-state index < -0.39 is 0 Å². The lowest BCUT2D eigenvalue weighted by Crippen LogP contribution is -2.16. The summed E-state index contributed by atoms with van der Waals surface area (Å²) in [7, 11) is 0. The molecule has 1 aromatic carbocycles. The third-order valence-corrected chi connectivity index (χ3v) is 5.01. The van der Waals surface area contributed by atoms with Crippen LogP contribution in [-0.2, 0) is 6.42 Å². The molecule has 1 aliphatic carbocycles. The summed E-state index contributed by atoms with van der Waals surface area (Å²) in [5, 5.41) is 15.8. The Labute approximate surface area is 118 Å². The Hall–Kier alpha value is -1.48. The molecule has 1 aliphatic rings. The molecule has 100 valence electrons. The SMILES string of the molecule is Cc1ccc(NC2CCCc3sccc32)c(C)c1O. The maximum atomic E-state index is 10.0. The Morgan fingerprint density at radius 1 is 1.26 bits per heavy atom. The summed E-state index contributed by atoms with van der Waals surface area (Å²) in [5.41, 5.74) is 4.37. The fourth-order valence-electron chi connectivity index (χ4n) is 2.82. The minimum absolute atomic E-state index is 0.385. The average molecular weight is 273 g/mol. The zero-order valence-corrected chi connectivity index (χ0v) is 12.2. The van der Waals surface area contributed by atoms with E-state index in [1.807, 2.05) is 31.3 Å². The monoisotopic (exact) mass is 273 g/mol. The Bertz CT molecular complexity index is 603. The van der Waals surface area contributed by atoms with E-state index in [-0.39, 0.29) is 0 Å². The van der Waals surface area contributed by atoms with Gasteiger partial charge in [0.1, 0.15) is 5.75 Å². The second-order valence-electron chi connectivity index (χ2n) is 5.29. The molecule has 1 atom stereocenters. The summed E-state index contributed by atoms with van der Waals surface area (Å²) < 4.78 is 0. The van der Waals surface area contributed by atoms with E-state index in [9.17, 15) is 5.11 Å². The molecule has 0 fully saturated rings. The number of hydrogen-bond donors (Lipinski definition) is 2. The first kappa shape index (κ1) is 12.5. The lowest BCUT2D eigenvalue weighted by molar-refractivity contribution is 0.467. The van der Waals surface area contributed by atoms with Crippen molar-refractivity contribution in [3.63, 3.8) is 0 Å². The van der Waals surface area contributed by atoms with Gasteiger partial charge in [0.2, 0.25) is 0 Å². The molecule has 3 rings (SSSR count). The number of phenolic OH excluding ortho intramolecular Hbond substituents is 1. The number of nitrogens with one attached hydrogen (secondary N) is 1. The number of thiophene rings is 1. The summed E-state index contributed by atoms with van der Waals surface area (Å²) in [5.74, 6) is 0.409. The van der Waals surface area contributed by atoms with Crippen LogP contribution in [0, 0.1) is 13.8 Å². The third-order valence-electron chi connectivity index (χ3n) is 4.01. The van der Waals surface area contributed by atoms with Crippen molar-refractivity contribution in [2.24, 2.45) is 0 Å². The van der Waals surface area contributed by atoms with Crippen molar-refractivity contribution in [1.29, 1.82) is 0 Å². The molecule has 0 amide bonds. The zero-order chi connectivity index (χ0) is 13.4. The van der Waals surface area contributed by atoms with E-state index in [4.69, 9.17) is 0 Å². The van der Waals surface area contributed by atoms with Crippen molar-refractivity contribution >= 4 is 17.0 Å². The predicted molar refractivity (Wildman–Crippen MR) is 81.2 cm³/mol. The van der Waals surface area contributed by atoms with Gasteiger partial charge in [0.05, 0.1) is 6.04 Å². The first-order chi connectivity index (χ1) is 9.16. The summed E-state index contributed by atoms with van der Waals surface area (Å²) in [6.45, 7) is 3.91. The number of anilines is 1. The van der Waals surface area contributed by atoms with Crippen LogP contribution in [0.2, 0.25) is 0 Å². The maximum Gasteiger partial charge on any atom is 0.123 e. The molecule has 0 bridgehead atoms. The number of benzene rings is 1. The molecule has 1 unspecified atom stereocenters. The van der Waals surface area contributed by atoms with E-state index in [1.54, 1.807) is 0 Å². The summed E-state index contributed by atoms with van der Waals surface area (Å²) in [6.07, 6.45) is 3.61. The molecular formula is C16H19NOS. The van der Waals surface area contributed by atoms with Crippen LogP contribution in [0.5, 0.6) is 5.75 Å². The minimum Gasteiger partial charge on any atom is -0.507 e. The molecular weight excluding hydrogens is 254 g/mol. The zero-order valence-electron chi connectivity index (χ0n) is 11.4. The van der Waals surface area contributed by atoms with Crippen LogP contribution in [0.25, 0.3) is 0 Å². The quantitative estimate of drug-likeness (QED) is 0.840. The van der Waals surface area contributed by atoms with Crippen LogP contribution in [0.15, 0.2) is 23.6 Å². The van der Waals surface area contributed by atoms with Crippen LogP contribution in [0.3, 0.4) is 0 Å². The van der Waals surface area contributed by atoms with Gasteiger partial charge in [-0.15, -0.1) is 11.3 Å². The fraction of sp³-hybridized carbons (Fsp3) is 0.375. The molecule has 3 heteroatoms. The standard InChI is InChI=1S/C16H19NOS/c1-10-6-7-13(11(2)16(10)18)17-14-4-3-5-15-12(14)8-9-19-15/h6-9,14,17-18H,3-5H2,1-2H3. The van der Waals surface area contributed by atoms with Crippen molar-refractivity contribution in [1.82, 2.24) is 0 Å². The lowest BCUT2D eigenvalue weighted by atomic mass is 9.93. The lowest BCUT2D eigenvalue weighted by Gasteiger charge is -2.26. The number of rotatable bonds is 2. The van der Waals surface area contributed by atoms with Crippen LogP contribution in [0.4, 0.5) is 5.69 Å². The van der Waals surface area contributed by atoms with Gasteiger partial charge in [0, 0.05) is 16.1 Å². The minimum atomic E-state index is 0.385. The Morgan fingerprint density at radius 2 is 2.11 bits per heavy atom. The van der Waals surface area contributed by atoms with E-state index in [0.717, 1.165) is 23.2 Å². The molecule has 0 spiro atoms. The molecule has 0 saturated carbocycles. The molecule has 1 aromatic heterocycles. The highest BCUT2D eigenvalue weighted by molar-refractivity contribution is 7.10. The van der Waals surface area contributed by atoms with Crippen LogP contribution in [-0.4, -0.2) is 5.11 Å². The Kier molecular flexibility index (Phi) is 3.23. The molecule has 2 N–H and O–H groups in total. The van der Waals surface area contributed by atoms with E-state index >= 15 is 0 Å². The highest BCUT2D eigenvalue weighted by Crippen LogP contribution is 2.37. The fourth-order valence-corrected chi connectivity index (χ4v) is 3.80. The van der Waals surface area contributed by atoms with Gasteiger partial charge in [-0.3, -0.25) is 0 Å². The number of phenols is 1. The van der Waals surface area contributed by atoms with Crippen molar-refractivity contribution in [2.75, 3.05) is 5.32 Å². The number of aromatic hydroxyl groups is 1. The highest BCUT2D eigenvalue weighted by Gasteiger charge is 2.21. The van der Waals surface area contributed by atoms with Crippen LogP contribution >= 0.6 is 11.3 Å². The topological polar surface area (TPSA) is 32.3 Å². The Balaban J connectivity index is 1.90. The number of fused-ring (bicyclic) bond motifs is 1. The van der Waals surface area contributed by atoms with Crippen molar-refractivity contribution in [3.8, 4) is 5.75 Å². The molecule has 0 radical (unpaired) electrons. The van der Waals surface area contributed by atoms with Crippen molar-refractivity contribution in [2.45, 2.75) is 39.2 Å². The average Bonchev–Trinajstić information content (AvgIpc) is 2.89. The normalized spacial score (nSPS) is 18.1. The first-order valence-electron chi connectivity index (χ1n) is 6.79. The van der Waals surface area contributed by atoms with E-state index in [2.05, 4.69) is 22.8 Å². The molecule has 1 heterocycles. The summed E-state index contributed by atoms with van der Waals surface area (Å²) >= 11 is 1.86. The van der Waals surface area contributed by atoms with Gasteiger partial charge in [0.15, 0.2) is 0 Å². The maximum absolute atomic E-state index is 10.0. The summed E-state index contributed by atoms with van der Waals surface area (Å²) in [4.78, 5) is 1.51. The van der Waals surface area contributed by atoms with Gasteiger partial charge in [0.25, 0.3) is 0 Å². The van der Waals surface area contributed by atoms with E-state index in [1.165, 1.54) is 23.3 Å². The second-order valence-corrected chi connectivity index (χ2v) is 6.29. The molecule has 0 saturated heterocycles. The highest BCUT2D eigenvalue weighted by atomic mass is 32.1. The van der Waals surface area contributed by atoms with Crippen LogP contribution in [0.1, 0.15) is 40.5 Å². The number of aryl methyl sites for hydroxylation is 2. The summed E-state index contributed by atoms with van der Waals surface area (Å²) in [6, 6.07) is 6.67. The van der Waals surface area contributed by atoms with E-state index in [0.29, 0.717) is 11.8 Å². The molecule has 2 nitrogen and oxygen atoms in total. The molecule has 2 aromatic rings. The smallest absolute Gasteiger partial charge is 0.123 e. The van der Waals surface area contributed by atoms with Gasteiger partial charge in [-0.25, -0.2) is 0 Å². The van der Waals surface area contributed by atoms with Gasteiger partial charge in [-0.1, -0.05) is 6.07 Å². The second kappa shape index (κ2) is 4.89.